The van der Waals surface area contributed by atoms with Crippen LogP contribution < -0.4 is 15.5 Å². The van der Waals surface area contributed by atoms with Crippen LogP contribution in [0, 0.1) is 18.8 Å². The summed E-state index contributed by atoms with van der Waals surface area (Å²) in [5, 5.41) is 6.18. The molecule has 2 N–H and O–H groups in total. The maximum absolute atomic E-state index is 13.8. The van der Waals surface area contributed by atoms with Gasteiger partial charge in [-0.05, 0) is 80.3 Å². The first-order valence-electron chi connectivity index (χ1n) is 15.8. The summed E-state index contributed by atoms with van der Waals surface area (Å²) in [7, 11) is 0. The lowest BCUT2D eigenvalue weighted by Gasteiger charge is -2.37. The smallest absolute Gasteiger partial charge is 0.251 e. The van der Waals surface area contributed by atoms with Crippen LogP contribution >= 0.6 is 12.4 Å². The molecule has 0 aromatic heterocycles. The number of carbonyl (C=O) groups excluding carboxylic acids is 2. The maximum Gasteiger partial charge on any atom is 0.251 e. The van der Waals surface area contributed by atoms with Gasteiger partial charge in [0.25, 0.3) is 5.91 Å². The summed E-state index contributed by atoms with van der Waals surface area (Å²) in [6.45, 7) is 15.5. The molecule has 0 aliphatic carbocycles. The summed E-state index contributed by atoms with van der Waals surface area (Å²) >= 11 is 0. The minimum absolute atomic E-state index is 0. The predicted octanol–water partition coefficient (Wildman–Crippen LogP) is 4.81. The standard InChI is InChI=1S/C34H48N4O4.ClH/c1-5-38(29-10-14-41-15-11-29)32-20-28(27-8-6-26(7-9-27)22-37-12-16-42-17-13-37)19-30(25(32)4)33(39)35-21-31-23(2)18-24(3)36-34(31)40;/h6-9,19-20,23-24,29,31H,5,10-18,21-22H2,1-4H3,(H,35,39)(H,36,40);1H. The first kappa shape index (κ1) is 33.2. The second-order valence-corrected chi connectivity index (χ2v) is 12.3. The third kappa shape index (κ3) is 8.09. The zero-order valence-corrected chi connectivity index (χ0v) is 27.0. The van der Waals surface area contributed by atoms with Crippen LogP contribution in [0.25, 0.3) is 11.1 Å². The normalized spacial score (nSPS) is 23.3. The fourth-order valence-electron chi connectivity index (χ4n) is 6.82. The van der Waals surface area contributed by atoms with Gasteiger partial charge in [-0.3, -0.25) is 14.5 Å². The highest BCUT2D eigenvalue weighted by Gasteiger charge is 2.33. The number of nitrogens with one attached hydrogen (secondary N) is 2. The minimum atomic E-state index is -0.221. The Morgan fingerprint density at radius 3 is 2.35 bits per heavy atom. The highest BCUT2D eigenvalue weighted by Crippen LogP contribution is 2.34. The Bertz CT molecular complexity index is 1230. The van der Waals surface area contributed by atoms with Gasteiger partial charge in [0.2, 0.25) is 5.91 Å². The van der Waals surface area contributed by atoms with Crippen molar-refractivity contribution in [1.82, 2.24) is 15.5 Å². The molecular formula is C34H49ClN4O4. The van der Waals surface area contributed by atoms with Gasteiger partial charge >= 0.3 is 0 Å². The number of piperidine rings is 1. The van der Waals surface area contributed by atoms with E-state index in [1.165, 1.54) is 5.56 Å². The number of benzene rings is 2. The summed E-state index contributed by atoms with van der Waals surface area (Å²) in [6, 6.07) is 13.6. The largest absolute Gasteiger partial charge is 0.381 e. The van der Waals surface area contributed by atoms with Gasteiger partial charge in [0.1, 0.15) is 0 Å². The van der Waals surface area contributed by atoms with Crippen molar-refractivity contribution in [2.45, 2.75) is 65.6 Å². The van der Waals surface area contributed by atoms with Crippen molar-refractivity contribution in [2.24, 2.45) is 11.8 Å². The number of ether oxygens (including phenoxy) is 2. The first-order valence-corrected chi connectivity index (χ1v) is 15.8. The van der Waals surface area contributed by atoms with Gasteiger partial charge in [0, 0.05) is 69.3 Å². The Kier molecular flexibility index (Phi) is 11.9. The summed E-state index contributed by atoms with van der Waals surface area (Å²) in [6.07, 6.45) is 2.87. The molecule has 2 amide bonds. The number of anilines is 1. The molecule has 0 radical (unpaired) electrons. The fourth-order valence-corrected chi connectivity index (χ4v) is 6.82. The quantitative estimate of drug-likeness (QED) is 0.423. The molecule has 236 valence electrons. The van der Waals surface area contributed by atoms with Crippen LogP contribution in [0.4, 0.5) is 5.69 Å². The second-order valence-electron chi connectivity index (χ2n) is 12.3. The van der Waals surface area contributed by atoms with Gasteiger partial charge in [-0.1, -0.05) is 31.2 Å². The molecule has 0 bridgehead atoms. The third-order valence-corrected chi connectivity index (χ3v) is 9.32. The monoisotopic (exact) mass is 612 g/mol. The molecule has 3 saturated heterocycles. The lowest BCUT2D eigenvalue weighted by Crippen LogP contribution is -2.50. The Morgan fingerprint density at radius 2 is 1.70 bits per heavy atom. The van der Waals surface area contributed by atoms with Crippen molar-refractivity contribution in [2.75, 3.05) is 57.5 Å². The molecule has 0 spiro atoms. The zero-order chi connectivity index (χ0) is 29.6. The van der Waals surface area contributed by atoms with E-state index in [2.05, 4.69) is 71.5 Å². The molecule has 3 unspecified atom stereocenters. The number of hydrogen-bond donors (Lipinski definition) is 2. The lowest BCUT2D eigenvalue weighted by atomic mass is 9.84. The van der Waals surface area contributed by atoms with Crippen LogP contribution in [0.2, 0.25) is 0 Å². The molecule has 3 atom stereocenters. The molecule has 3 aliphatic rings. The third-order valence-electron chi connectivity index (χ3n) is 9.32. The van der Waals surface area contributed by atoms with Gasteiger partial charge in [-0.2, -0.15) is 0 Å². The van der Waals surface area contributed by atoms with Crippen LogP contribution in [0.1, 0.15) is 61.5 Å². The zero-order valence-electron chi connectivity index (χ0n) is 26.2. The molecule has 3 fully saturated rings. The maximum atomic E-state index is 13.8. The van der Waals surface area contributed by atoms with Crippen LogP contribution in [-0.2, 0) is 20.8 Å². The topological polar surface area (TPSA) is 83.1 Å². The fraction of sp³-hybridized carbons (Fsp3) is 0.588. The van der Waals surface area contributed by atoms with E-state index in [9.17, 15) is 9.59 Å². The van der Waals surface area contributed by atoms with E-state index < -0.39 is 0 Å². The van der Waals surface area contributed by atoms with E-state index in [0.29, 0.717) is 18.2 Å². The Labute approximate surface area is 263 Å². The average Bonchev–Trinajstić information content (AvgIpc) is 2.99. The molecule has 2 aromatic rings. The number of morpholine rings is 1. The van der Waals surface area contributed by atoms with Crippen LogP contribution in [0.3, 0.4) is 0 Å². The van der Waals surface area contributed by atoms with Crippen LogP contribution in [0.5, 0.6) is 0 Å². The number of rotatable bonds is 9. The van der Waals surface area contributed by atoms with Crippen molar-refractivity contribution < 1.29 is 19.1 Å². The summed E-state index contributed by atoms with van der Waals surface area (Å²) in [5.74, 6) is -0.0960. The van der Waals surface area contributed by atoms with E-state index in [1.54, 1.807) is 0 Å². The lowest BCUT2D eigenvalue weighted by molar-refractivity contribution is -0.129. The Morgan fingerprint density at radius 1 is 1.02 bits per heavy atom. The summed E-state index contributed by atoms with van der Waals surface area (Å²) < 4.78 is 11.2. The van der Waals surface area contributed by atoms with Crippen molar-refractivity contribution in [1.29, 1.82) is 0 Å². The average molecular weight is 613 g/mol. The SMILES string of the molecule is CCN(c1cc(-c2ccc(CN3CCOCC3)cc2)cc(C(=O)NCC2C(=O)NC(C)CC2C)c1C)C1CCOCC1.Cl. The molecule has 2 aromatic carbocycles. The van der Waals surface area contributed by atoms with E-state index in [0.717, 1.165) is 94.2 Å². The predicted molar refractivity (Wildman–Crippen MR) is 174 cm³/mol. The number of hydrogen-bond acceptors (Lipinski definition) is 6. The minimum Gasteiger partial charge on any atom is -0.381 e. The molecule has 3 heterocycles. The summed E-state index contributed by atoms with van der Waals surface area (Å²) in [5.41, 5.74) is 6.14. The van der Waals surface area contributed by atoms with Gasteiger partial charge in [-0.15, -0.1) is 12.4 Å². The first-order chi connectivity index (χ1) is 20.3. The van der Waals surface area contributed by atoms with Gasteiger partial charge < -0.3 is 25.0 Å². The molecular weight excluding hydrogens is 564 g/mol. The molecule has 3 aliphatic heterocycles. The van der Waals surface area contributed by atoms with E-state index in [4.69, 9.17) is 9.47 Å². The molecule has 0 saturated carbocycles. The van der Waals surface area contributed by atoms with E-state index >= 15 is 0 Å². The summed E-state index contributed by atoms with van der Waals surface area (Å²) in [4.78, 5) is 31.3. The molecule has 5 rings (SSSR count). The van der Waals surface area contributed by atoms with Gasteiger partial charge in [0.05, 0.1) is 19.1 Å². The number of amides is 2. The van der Waals surface area contributed by atoms with Gasteiger partial charge in [-0.25, -0.2) is 0 Å². The number of halogens is 1. The van der Waals surface area contributed by atoms with Crippen molar-refractivity contribution in [3.63, 3.8) is 0 Å². The number of nitrogens with zero attached hydrogens (tertiary/aromatic N) is 2. The van der Waals surface area contributed by atoms with Crippen molar-refractivity contribution >= 4 is 29.9 Å². The van der Waals surface area contributed by atoms with E-state index in [1.807, 2.05) is 13.0 Å². The van der Waals surface area contributed by atoms with Crippen LogP contribution in [-0.4, -0.2) is 81.4 Å². The Hall–Kier alpha value is -2.65. The van der Waals surface area contributed by atoms with Crippen LogP contribution in [0.15, 0.2) is 36.4 Å². The highest BCUT2D eigenvalue weighted by atomic mass is 35.5. The second kappa shape index (κ2) is 15.4. The molecule has 8 nitrogen and oxygen atoms in total. The molecule has 9 heteroatoms. The van der Waals surface area contributed by atoms with Gasteiger partial charge in [0.15, 0.2) is 0 Å². The Balaban J connectivity index is 0.00000423. The van der Waals surface area contributed by atoms with Crippen molar-refractivity contribution in [3.8, 4) is 11.1 Å². The number of carbonyl (C=O) groups is 2. The molecule has 43 heavy (non-hydrogen) atoms. The van der Waals surface area contributed by atoms with E-state index in [-0.39, 0.29) is 42.1 Å². The highest BCUT2D eigenvalue weighted by molar-refractivity contribution is 5.99. The van der Waals surface area contributed by atoms with Crippen molar-refractivity contribution in [3.05, 3.63) is 53.1 Å².